The predicted molar refractivity (Wildman–Crippen MR) is 151 cm³/mol. The van der Waals surface area contributed by atoms with Gasteiger partial charge in [-0.2, -0.15) is 0 Å². The molecular weight excluding hydrogens is 414 g/mol. The third-order valence-corrected chi connectivity index (χ3v) is 7.43. The fourth-order valence-electron chi connectivity index (χ4n) is 5.29. The first kappa shape index (κ1) is 30.4. The first-order valence-electron chi connectivity index (χ1n) is 14.3. The Hall–Kier alpha value is -1.64. The Morgan fingerprint density at radius 2 is 0.765 bits per heavy atom. The SMILES string of the molecule is CCCCCCCCCCCCCCCCCC[N+](CC)(c1ccccc1)c1ccccc1.[OH-]. The fraction of sp³-hybridized carbons (Fsp3) is 0.625. The van der Waals surface area contributed by atoms with Gasteiger partial charge in [0.05, 0.1) is 13.1 Å². The first-order chi connectivity index (χ1) is 16.3. The third kappa shape index (κ3) is 11.2. The summed E-state index contributed by atoms with van der Waals surface area (Å²) in [6.07, 6.45) is 22.8. The van der Waals surface area contributed by atoms with Gasteiger partial charge in [-0.3, -0.25) is 4.48 Å². The maximum Gasteiger partial charge on any atom is 0.137 e. The summed E-state index contributed by atoms with van der Waals surface area (Å²) in [5.41, 5.74) is 2.85. The molecule has 0 amide bonds. The number of hydrogen-bond acceptors (Lipinski definition) is 1. The summed E-state index contributed by atoms with van der Waals surface area (Å²) in [7, 11) is 0. The minimum atomic E-state index is 0. The van der Waals surface area contributed by atoms with Crippen molar-refractivity contribution < 1.29 is 5.48 Å². The molecular formula is C32H53NO. The van der Waals surface area contributed by atoms with E-state index in [1.54, 1.807) is 0 Å². The van der Waals surface area contributed by atoms with E-state index in [1.807, 2.05) is 0 Å². The molecule has 0 saturated heterocycles. The highest BCUT2D eigenvalue weighted by Gasteiger charge is 2.30. The lowest BCUT2D eigenvalue weighted by Crippen LogP contribution is -2.44. The molecule has 0 aliphatic carbocycles. The minimum Gasteiger partial charge on any atom is -0.870 e. The molecule has 2 aromatic rings. The summed E-state index contributed by atoms with van der Waals surface area (Å²) < 4.78 is 0.973. The van der Waals surface area contributed by atoms with Crippen molar-refractivity contribution in [1.82, 2.24) is 4.48 Å². The molecule has 0 fully saturated rings. The lowest BCUT2D eigenvalue weighted by Gasteiger charge is -2.37. The second kappa shape index (κ2) is 19.6. The van der Waals surface area contributed by atoms with E-state index in [4.69, 9.17) is 0 Å². The summed E-state index contributed by atoms with van der Waals surface area (Å²) in [6, 6.07) is 22.3. The second-order valence-electron chi connectivity index (χ2n) is 9.98. The van der Waals surface area contributed by atoms with Crippen molar-refractivity contribution in [3.63, 3.8) is 0 Å². The number of para-hydroxylation sites is 2. The summed E-state index contributed by atoms with van der Waals surface area (Å²) in [6.45, 7) is 6.94. The van der Waals surface area contributed by atoms with Crippen LogP contribution in [-0.2, 0) is 0 Å². The molecule has 192 valence electrons. The van der Waals surface area contributed by atoms with Crippen LogP contribution in [0.2, 0.25) is 0 Å². The highest BCUT2D eigenvalue weighted by molar-refractivity contribution is 5.58. The van der Waals surface area contributed by atoms with Crippen LogP contribution >= 0.6 is 0 Å². The molecule has 2 nitrogen and oxygen atoms in total. The van der Waals surface area contributed by atoms with Crippen LogP contribution in [0.5, 0.6) is 0 Å². The zero-order valence-corrected chi connectivity index (χ0v) is 22.4. The maximum atomic E-state index is 2.34. The number of rotatable bonds is 20. The van der Waals surface area contributed by atoms with Crippen LogP contribution < -0.4 is 4.48 Å². The van der Waals surface area contributed by atoms with Gasteiger partial charge in [0.2, 0.25) is 0 Å². The Morgan fingerprint density at radius 3 is 1.09 bits per heavy atom. The molecule has 0 unspecified atom stereocenters. The first-order valence-corrected chi connectivity index (χ1v) is 14.3. The Morgan fingerprint density at radius 1 is 0.441 bits per heavy atom. The minimum absolute atomic E-state index is 0. The van der Waals surface area contributed by atoms with E-state index in [0.717, 1.165) is 11.0 Å². The van der Waals surface area contributed by atoms with Crippen LogP contribution in [0.15, 0.2) is 60.7 Å². The van der Waals surface area contributed by atoms with E-state index in [0.29, 0.717) is 0 Å². The van der Waals surface area contributed by atoms with E-state index in [-0.39, 0.29) is 5.48 Å². The van der Waals surface area contributed by atoms with Crippen molar-refractivity contribution in [3.8, 4) is 0 Å². The van der Waals surface area contributed by atoms with Crippen molar-refractivity contribution >= 4 is 11.4 Å². The lowest BCUT2D eigenvalue weighted by molar-refractivity contribution is 0.382. The number of quaternary nitrogens is 1. The van der Waals surface area contributed by atoms with E-state index < -0.39 is 0 Å². The van der Waals surface area contributed by atoms with E-state index in [1.165, 1.54) is 121 Å². The average molecular weight is 468 g/mol. The molecule has 2 heteroatoms. The van der Waals surface area contributed by atoms with Crippen LogP contribution in [0.25, 0.3) is 0 Å². The normalized spacial score (nSPS) is 11.4. The van der Waals surface area contributed by atoms with Crippen molar-refractivity contribution in [2.24, 2.45) is 0 Å². The smallest absolute Gasteiger partial charge is 0.137 e. The summed E-state index contributed by atoms with van der Waals surface area (Å²) in [4.78, 5) is 0. The summed E-state index contributed by atoms with van der Waals surface area (Å²) in [5, 5.41) is 0. The molecule has 34 heavy (non-hydrogen) atoms. The average Bonchev–Trinajstić information content (AvgIpc) is 2.87. The van der Waals surface area contributed by atoms with Gasteiger partial charge in [0.25, 0.3) is 0 Å². The third-order valence-electron chi connectivity index (χ3n) is 7.43. The van der Waals surface area contributed by atoms with Gasteiger partial charge < -0.3 is 5.48 Å². The maximum absolute atomic E-state index is 2.34. The summed E-state index contributed by atoms with van der Waals surface area (Å²) in [5.74, 6) is 0. The Labute approximate surface area is 211 Å². The Bertz CT molecular complexity index is 645. The number of nitrogens with zero attached hydrogens (tertiary/aromatic N) is 1. The molecule has 0 heterocycles. The lowest BCUT2D eigenvalue weighted by atomic mass is 10.0. The van der Waals surface area contributed by atoms with Crippen molar-refractivity contribution in [3.05, 3.63) is 60.7 Å². The molecule has 0 saturated carbocycles. The number of unbranched alkanes of at least 4 members (excludes halogenated alkanes) is 15. The van der Waals surface area contributed by atoms with Crippen molar-refractivity contribution in [2.75, 3.05) is 13.1 Å². The quantitative estimate of drug-likeness (QED) is 0.141. The second-order valence-corrected chi connectivity index (χ2v) is 9.98. The van der Waals surface area contributed by atoms with Crippen molar-refractivity contribution in [2.45, 2.75) is 117 Å². The van der Waals surface area contributed by atoms with Gasteiger partial charge in [0, 0.05) is 0 Å². The van der Waals surface area contributed by atoms with Gasteiger partial charge in [-0.05, 0) is 44.0 Å². The van der Waals surface area contributed by atoms with Gasteiger partial charge >= 0.3 is 0 Å². The molecule has 0 atom stereocenters. The van der Waals surface area contributed by atoms with Crippen LogP contribution in [-0.4, -0.2) is 18.6 Å². The highest BCUT2D eigenvalue weighted by Crippen LogP contribution is 2.35. The highest BCUT2D eigenvalue weighted by atomic mass is 16.0. The van der Waals surface area contributed by atoms with Crippen LogP contribution in [0, 0.1) is 0 Å². The van der Waals surface area contributed by atoms with Gasteiger partial charge in [-0.25, -0.2) is 0 Å². The van der Waals surface area contributed by atoms with Crippen LogP contribution in [0.4, 0.5) is 11.4 Å². The molecule has 2 rings (SSSR count). The summed E-state index contributed by atoms with van der Waals surface area (Å²) >= 11 is 0. The van der Waals surface area contributed by atoms with Crippen LogP contribution in [0.3, 0.4) is 0 Å². The van der Waals surface area contributed by atoms with Gasteiger partial charge in [0.1, 0.15) is 11.4 Å². The number of hydrogen-bond donors (Lipinski definition) is 0. The van der Waals surface area contributed by atoms with Crippen molar-refractivity contribution in [1.29, 1.82) is 0 Å². The molecule has 0 bridgehead atoms. The fourth-order valence-corrected chi connectivity index (χ4v) is 5.29. The van der Waals surface area contributed by atoms with Gasteiger partial charge in [0.15, 0.2) is 0 Å². The zero-order chi connectivity index (χ0) is 23.5. The Kier molecular flexibility index (Phi) is 17.6. The van der Waals surface area contributed by atoms with E-state index in [2.05, 4.69) is 74.5 Å². The zero-order valence-electron chi connectivity index (χ0n) is 22.4. The molecule has 2 aromatic carbocycles. The topological polar surface area (TPSA) is 30.0 Å². The predicted octanol–water partition coefficient (Wildman–Crippen LogP) is 10.4. The largest absolute Gasteiger partial charge is 0.870 e. The van der Waals surface area contributed by atoms with Gasteiger partial charge in [-0.15, -0.1) is 0 Å². The molecule has 0 aliphatic heterocycles. The number of benzene rings is 2. The molecule has 0 aromatic heterocycles. The molecule has 0 spiro atoms. The van der Waals surface area contributed by atoms with Crippen LogP contribution in [0.1, 0.15) is 117 Å². The van der Waals surface area contributed by atoms with E-state index >= 15 is 0 Å². The molecule has 0 aliphatic rings. The molecule has 0 radical (unpaired) electrons. The molecule has 1 N–H and O–H groups in total. The standard InChI is InChI=1S/C32H52N.H2O/c1-3-5-6-7-8-9-10-11-12-13-14-15-16-17-18-25-30-33(4-2,31-26-21-19-22-27-31)32-28-23-20-24-29-32;/h19-24,26-29H,3-18,25,30H2,1-2H3;1H2/q+1;/p-1. The monoisotopic (exact) mass is 467 g/mol. The Balaban J connectivity index is 0.00000578. The van der Waals surface area contributed by atoms with E-state index in [9.17, 15) is 0 Å². The van der Waals surface area contributed by atoms with Gasteiger partial charge in [-0.1, -0.05) is 133 Å².